The standard InChI is InChI=1S/C12H8N2S.2C8H8NS.CH4.Ru/c1-2-5-10(6-3-1)14-9-15-12-11(14)7-4-8-13-12;2*1-9-6-10-8-5-3-2-4-7(8)9;;/h1-5,7-9H;2*2-6H,1H3;1H4;/q-2;2*-1;;+4. The summed E-state index contributed by atoms with van der Waals surface area (Å²) in [5, 5.41) is 1.05. The Labute approximate surface area is 247 Å². The molecule has 4 nitrogen and oxygen atoms in total. The largest absolute Gasteiger partial charge is 4.00 e. The molecule has 0 radical (unpaired) electrons. The van der Waals surface area contributed by atoms with Crippen LogP contribution in [0.2, 0.25) is 0 Å². The van der Waals surface area contributed by atoms with Crippen LogP contribution in [0.3, 0.4) is 0 Å². The van der Waals surface area contributed by atoms with Gasteiger partial charge in [0.05, 0.1) is 5.03 Å². The van der Waals surface area contributed by atoms with Crippen molar-refractivity contribution in [3.8, 4) is 0 Å². The van der Waals surface area contributed by atoms with E-state index in [1.54, 1.807) is 35.3 Å². The van der Waals surface area contributed by atoms with E-state index >= 15 is 0 Å². The number of nitrogens with zero attached hydrogens (tertiary/aromatic N) is 4. The third-order valence-electron chi connectivity index (χ3n) is 5.40. The van der Waals surface area contributed by atoms with Crippen LogP contribution in [0, 0.1) is 23.7 Å². The SMILES string of the molecule is C.CN1[CH-]Sc2ccccc21.CN1[CH-]Sc2ccccc21.[Ru+4].[c-]1ccccc1N1[CH-]Sc2ncccc21. The molecular formula is C29H28N4RuS3. The van der Waals surface area contributed by atoms with Crippen molar-refractivity contribution in [1.82, 2.24) is 4.98 Å². The molecule has 4 heterocycles. The molecule has 0 amide bonds. The van der Waals surface area contributed by atoms with E-state index in [9.17, 15) is 0 Å². The molecule has 3 aliphatic heterocycles. The van der Waals surface area contributed by atoms with Crippen molar-refractivity contribution < 1.29 is 19.5 Å². The van der Waals surface area contributed by atoms with E-state index < -0.39 is 0 Å². The third-order valence-corrected chi connectivity index (χ3v) is 8.29. The van der Waals surface area contributed by atoms with Gasteiger partial charge in [-0.25, -0.2) is 0 Å². The van der Waals surface area contributed by atoms with E-state index in [1.165, 1.54) is 21.2 Å². The normalized spacial score (nSPS) is 14.1. The second-order valence-corrected chi connectivity index (χ2v) is 10.4. The minimum absolute atomic E-state index is 0. The van der Waals surface area contributed by atoms with Gasteiger partial charge < -0.3 is 14.7 Å². The monoisotopic (exact) mass is 630 g/mol. The van der Waals surface area contributed by atoms with Crippen molar-refractivity contribution in [1.29, 1.82) is 0 Å². The first-order chi connectivity index (χ1) is 17.2. The van der Waals surface area contributed by atoms with Crippen LogP contribution in [0.25, 0.3) is 0 Å². The fraction of sp³-hybridized carbons (Fsp3) is 0.103. The summed E-state index contributed by atoms with van der Waals surface area (Å²) in [4.78, 5) is 13.4. The van der Waals surface area contributed by atoms with E-state index in [0.717, 1.165) is 16.4 Å². The second kappa shape index (κ2) is 14.2. The first kappa shape index (κ1) is 29.4. The van der Waals surface area contributed by atoms with Gasteiger partial charge >= 0.3 is 19.5 Å². The molecule has 0 aliphatic carbocycles. The van der Waals surface area contributed by atoms with Crippen molar-refractivity contribution in [2.24, 2.45) is 0 Å². The topological polar surface area (TPSA) is 22.6 Å². The Balaban J connectivity index is 0.000000155. The van der Waals surface area contributed by atoms with Gasteiger partial charge in [0, 0.05) is 23.3 Å². The number of anilines is 4. The molecule has 190 valence electrons. The maximum Gasteiger partial charge on any atom is 4.00 e. The van der Waals surface area contributed by atoms with E-state index in [1.807, 2.05) is 36.5 Å². The zero-order valence-corrected chi connectivity index (χ0v) is 23.9. The predicted octanol–water partition coefficient (Wildman–Crippen LogP) is 8.57. The summed E-state index contributed by atoms with van der Waals surface area (Å²) < 4.78 is 0. The van der Waals surface area contributed by atoms with Crippen molar-refractivity contribution in [3.05, 3.63) is 115 Å². The van der Waals surface area contributed by atoms with Crippen LogP contribution in [0.4, 0.5) is 22.7 Å². The molecule has 3 aromatic carbocycles. The van der Waals surface area contributed by atoms with Gasteiger partial charge in [-0.2, -0.15) is 48.0 Å². The summed E-state index contributed by atoms with van der Waals surface area (Å²) in [6.07, 6.45) is 1.82. The van der Waals surface area contributed by atoms with Crippen molar-refractivity contribution in [2.45, 2.75) is 22.2 Å². The number of hydrogen-bond acceptors (Lipinski definition) is 7. The molecular weight excluding hydrogens is 602 g/mol. The summed E-state index contributed by atoms with van der Waals surface area (Å²) in [7, 11) is 4.14. The number of rotatable bonds is 1. The number of hydrogen-bond donors (Lipinski definition) is 0. The van der Waals surface area contributed by atoms with Crippen molar-refractivity contribution in [2.75, 3.05) is 28.8 Å². The van der Waals surface area contributed by atoms with Gasteiger partial charge in [-0.3, -0.25) is 40.3 Å². The summed E-state index contributed by atoms with van der Waals surface area (Å²) in [6.45, 7) is 0. The number of aromatic nitrogens is 1. The number of fused-ring (bicyclic) bond motifs is 3. The third kappa shape index (κ3) is 7.05. The van der Waals surface area contributed by atoms with Crippen LogP contribution in [0.1, 0.15) is 7.43 Å². The zero-order chi connectivity index (χ0) is 24.0. The Kier molecular flexibility index (Phi) is 11.3. The van der Waals surface area contributed by atoms with Crippen molar-refractivity contribution in [3.63, 3.8) is 0 Å². The Morgan fingerprint density at radius 1 is 0.676 bits per heavy atom. The first-order valence-electron chi connectivity index (χ1n) is 11.1. The minimum Gasteiger partial charge on any atom is -0.514 e. The maximum atomic E-state index is 4.31. The molecule has 3 aliphatic rings. The molecule has 4 aromatic rings. The molecule has 0 N–H and O–H groups in total. The van der Waals surface area contributed by atoms with Gasteiger partial charge in [-0.05, 0) is 60.3 Å². The van der Waals surface area contributed by atoms with Crippen LogP contribution < -0.4 is 14.7 Å². The van der Waals surface area contributed by atoms with E-state index in [0.29, 0.717) is 0 Å². The van der Waals surface area contributed by atoms with Crippen LogP contribution in [0.5, 0.6) is 0 Å². The summed E-state index contributed by atoms with van der Waals surface area (Å²) in [5.41, 5.74) is 4.81. The molecule has 37 heavy (non-hydrogen) atoms. The minimum atomic E-state index is 0. The molecule has 0 fully saturated rings. The van der Waals surface area contributed by atoms with Crippen LogP contribution >= 0.6 is 35.3 Å². The molecule has 0 saturated carbocycles. The molecule has 0 saturated heterocycles. The molecule has 1 aromatic heterocycles. The average Bonchev–Trinajstić information content (AvgIpc) is 3.63. The van der Waals surface area contributed by atoms with Gasteiger partial charge in [0.2, 0.25) is 0 Å². The Hall–Kier alpha value is -2.12. The van der Waals surface area contributed by atoms with E-state index in [-0.39, 0.29) is 26.9 Å². The van der Waals surface area contributed by atoms with Crippen LogP contribution in [0.15, 0.2) is 106 Å². The Bertz CT molecular complexity index is 1220. The average molecular weight is 630 g/mol. The quantitative estimate of drug-likeness (QED) is 0.154. The predicted molar refractivity (Wildman–Crippen MR) is 159 cm³/mol. The smallest absolute Gasteiger partial charge is 0.514 e. The van der Waals surface area contributed by atoms with Gasteiger partial charge in [0.1, 0.15) is 0 Å². The molecule has 0 unspecified atom stereocenters. The molecule has 7 rings (SSSR count). The van der Waals surface area contributed by atoms with Gasteiger partial charge in [0.25, 0.3) is 0 Å². The van der Waals surface area contributed by atoms with Crippen molar-refractivity contribution >= 4 is 58.0 Å². The number of para-hydroxylation sites is 3. The summed E-state index contributed by atoms with van der Waals surface area (Å²) in [6, 6.07) is 32.0. The first-order valence-corrected chi connectivity index (χ1v) is 13.7. The summed E-state index contributed by atoms with van der Waals surface area (Å²) >= 11 is 5.19. The molecule has 8 heteroatoms. The Morgan fingerprint density at radius 3 is 1.81 bits per heavy atom. The molecule has 0 spiro atoms. The van der Waals surface area contributed by atoms with Crippen LogP contribution in [-0.2, 0) is 19.5 Å². The number of pyridine rings is 1. The maximum absolute atomic E-state index is 4.31. The zero-order valence-electron chi connectivity index (χ0n) is 19.8. The fourth-order valence-corrected chi connectivity index (χ4v) is 6.21. The fourth-order valence-electron chi connectivity index (χ4n) is 3.62. The molecule has 0 bridgehead atoms. The van der Waals surface area contributed by atoms with E-state index in [2.05, 4.69) is 112 Å². The number of thioether (sulfide) groups is 3. The number of benzene rings is 3. The van der Waals surface area contributed by atoms with E-state index in [4.69, 9.17) is 0 Å². The van der Waals surface area contributed by atoms with Gasteiger partial charge in [0.15, 0.2) is 0 Å². The Morgan fingerprint density at radius 2 is 1.24 bits per heavy atom. The van der Waals surface area contributed by atoms with Gasteiger partial charge in [-0.15, -0.1) is 5.69 Å². The summed E-state index contributed by atoms with van der Waals surface area (Å²) in [5.74, 6) is 6.29. The molecule has 0 atom stereocenters. The van der Waals surface area contributed by atoms with Gasteiger partial charge in [-0.1, -0.05) is 31.7 Å². The second-order valence-electron chi connectivity index (χ2n) is 7.77. The van der Waals surface area contributed by atoms with Crippen LogP contribution in [-0.4, -0.2) is 19.1 Å².